The Bertz CT molecular complexity index is 593. The Kier molecular flexibility index (Phi) is 4.10. The minimum Gasteiger partial charge on any atom is -0.294 e. The van der Waals surface area contributed by atoms with Crippen molar-refractivity contribution in [2.24, 2.45) is 5.92 Å². The Morgan fingerprint density at radius 3 is 2.32 bits per heavy atom. The lowest BCUT2D eigenvalue weighted by Crippen LogP contribution is -2.13. The summed E-state index contributed by atoms with van der Waals surface area (Å²) in [6, 6.07) is 18.8. The van der Waals surface area contributed by atoms with E-state index in [1.165, 1.54) is 0 Å². The van der Waals surface area contributed by atoms with Crippen molar-refractivity contribution < 1.29 is 4.79 Å². The van der Waals surface area contributed by atoms with Crippen LogP contribution in [0.2, 0.25) is 0 Å². The summed E-state index contributed by atoms with van der Waals surface area (Å²) in [7, 11) is 0. The van der Waals surface area contributed by atoms with Crippen LogP contribution in [0.4, 0.5) is 0 Å². The zero-order chi connectivity index (χ0) is 13.7. The van der Waals surface area contributed by atoms with E-state index in [0.717, 1.165) is 11.1 Å². The van der Waals surface area contributed by atoms with Crippen molar-refractivity contribution in [3.8, 4) is 6.07 Å². The molecule has 0 bridgehead atoms. The Labute approximate surface area is 113 Å². The first-order valence-corrected chi connectivity index (χ1v) is 6.29. The number of nitrogens with zero attached hydrogens (tertiary/aromatic N) is 1. The van der Waals surface area contributed by atoms with Gasteiger partial charge in [-0.3, -0.25) is 4.79 Å². The third-order valence-electron chi connectivity index (χ3n) is 3.13. The van der Waals surface area contributed by atoms with Crippen LogP contribution in [0, 0.1) is 17.2 Å². The third kappa shape index (κ3) is 3.29. The minimum absolute atomic E-state index is 0.0599. The van der Waals surface area contributed by atoms with Gasteiger partial charge in [-0.1, -0.05) is 49.4 Å². The number of nitriles is 1. The highest BCUT2D eigenvalue weighted by molar-refractivity contribution is 5.97. The van der Waals surface area contributed by atoms with Crippen molar-refractivity contribution in [3.63, 3.8) is 0 Å². The topological polar surface area (TPSA) is 40.9 Å². The van der Waals surface area contributed by atoms with Gasteiger partial charge in [0.15, 0.2) is 5.78 Å². The van der Waals surface area contributed by atoms with Crippen molar-refractivity contribution >= 4 is 5.78 Å². The molecular formula is C17H15NO. The summed E-state index contributed by atoms with van der Waals surface area (Å²) >= 11 is 0. The van der Waals surface area contributed by atoms with Gasteiger partial charge >= 0.3 is 0 Å². The van der Waals surface area contributed by atoms with Gasteiger partial charge in [0.25, 0.3) is 0 Å². The van der Waals surface area contributed by atoms with Crippen LogP contribution in [0.5, 0.6) is 0 Å². The molecule has 2 nitrogen and oxygen atoms in total. The van der Waals surface area contributed by atoms with Gasteiger partial charge in [-0.2, -0.15) is 5.26 Å². The standard InChI is InChI=1S/C17H15NO/c1-13(17(19)16-5-3-2-4-6-16)11-14-7-9-15(12-18)10-8-14/h2-10,13H,11H2,1H3. The second-order valence-electron chi connectivity index (χ2n) is 4.64. The Hall–Kier alpha value is -2.40. The van der Waals surface area contributed by atoms with E-state index in [-0.39, 0.29) is 11.7 Å². The molecule has 19 heavy (non-hydrogen) atoms. The number of rotatable bonds is 4. The van der Waals surface area contributed by atoms with Gasteiger partial charge in [-0.15, -0.1) is 0 Å². The molecule has 0 aliphatic rings. The van der Waals surface area contributed by atoms with Gasteiger partial charge < -0.3 is 0 Å². The Balaban J connectivity index is 2.06. The van der Waals surface area contributed by atoms with Gasteiger partial charge in [-0.25, -0.2) is 0 Å². The molecule has 2 aromatic carbocycles. The van der Waals surface area contributed by atoms with Crippen LogP contribution in [0.15, 0.2) is 54.6 Å². The fourth-order valence-corrected chi connectivity index (χ4v) is 2.05. The summed E-state index contributed by atoms with van der Waals surface area (Å²) in [5.74, 6) is 0.0975. The molecule has 1 unspecified atom stereocenters. The fourth-order valence-electron chi connectivity index (χ4n) is 2.05. The zero-order valence-corrected chi connectivity index (χ0v) is 10.8. The summed E-state index contributed by atoms with van der Waals surface area (Å²) in [6.45, 7) is 1.94. The minimum atomic E-state index is -0.0599. The molecule has 0 amide bonds. The van der Waals surface area contributed by atoms with Gasteiger partial charge in [0, 0.05) is 11.5 Å². The first kappa shape index (κ1) is 13.0. The Morgan fingerprint density at radius 1 is 1.11 bits per heavy atom. The smallest absolute Gasteiger partial charge is 0.165 e. The molecule has 94 valence electrons. The van der Waals surface area contributed by atoms with E-state index in [4.69, 9.17) is 5.26 Å². The van der Waals surface area contributed by atoms with Crippen LogP contribution >= 0.6 is 0 Å². The molecule has 0 heterocycles. The molecule has 0 radical (unpaired) electrons. The van der Waals surface area contributed by atoms with E-state index in [9.17, 15) is 4.79 Å². The van der Waals surface area contributed by atoms with Gasteiger partial charge in [0.2, 0.25) is 0 Å². The van der Waals surface area contributed by atoms with Crippen LogP contribution in [0.3, 0.4) is 0 Å². The molecule has 2 aromatic rings. The maximum absolute atomic E-state index is 12.2. The van der Waals surface area contributed by atoms with Crippen molar-refractivity contribution in [1.82, 2.24) is 0 Å². The first-order valence-electron chi connectivity index (χ1n) is 6.29. The van der Waals surface area contributed by atoms with Crippen molar-refractivity contribution in [3.05, 3.63) is 71.3 Å². The van der Waals surface area contributed by atoms with Crippen LogP contribution in [0.25, 0.3) is 0 Å². The average molecular weight is 249 g/mol. The van der Waals surface area contributed by atoms with Crippen molar-refractivity contribution in [2.75, 3.05) is 0 Å². The predicted octanol–water partition coefficient (Wildman–Crippen LogP) is 3.62. The number of ketones is 1. The quantitative estimate of drug-likeness (QED) is 0.776. The number of benzene rings is 2. The highest BCUT2D eigenvalue weighted by Gasteiger charge is 2.15. The SMILES string of the molecule is CC(Cc1ccc(C#N)cc1)C(=O)c1ccccc1. The number of carbonyl (C=O) groups excluding carboxylic acids is 1. The molecule has 0 spiro atoms. The molecule has 1 atom stereocenters. The summed E-state index contributed by atoms with van der Waals surface area (Å²) in [4.78, 5) is 12.2. The van der Waals surface area contributed by atoms with Crippen LogP contribution in [-0.4, -0.2) is 5.78 Å². The lowest BCUT2D eigenvalue weighted by Gasteiger charge is -2.10. The highest BCUT2D eigenvalue weighted by atomic mass is 16.1. The van der Waals surface area contributed by atoms with Crippen molar-refractivity contribution in [1.29, 1.82) is 5.26 Å². The molecule has 0 aliphatic heterocycles. The molecule has 0 saturated carbocycles. The molecule has 0 aliphatic carbocycles. The van der Waals surface area contributed by atoms with E-state index in [1.54, 1.807) is 12.1 Å². The van der Waals surface area contributed by atoms with E-state index >= 15 is 0 Å². The fraction of sp³-hybridized carbons (Fsp3) is 0.176. The second-order valence-corrected chi connectivity index (χ2v) is 4.64. The van der Waals surface area contributed by atoms with E-state index < -0.39 is 0 Å². The number of hydrogen-bond donors (Lipinski definition) is 0. The molecule has 0 saturated heterocycles. The number of Topliss-reactive ketones (excluding diaryl/α,β-unsaturated/α-hetero) is 1. The summed E-state index contributed by atoms with van der Waals surface area (Å²) < 4.78 is 0. The summed E-state index contributed by atoms with van der Waals surface area (Å²) in [6.07, 6.45) is 0.694. The molecule has 0 N–H and O–H groups in total. The zero-order valence-electron chi connectivity index (χ0n) is 10.8. The largest absolute Gasteiger partial charge is 0.294 e. The maximum atomic E-state index is 12.2. The van der Waals surface area contributed by atoms with Crippen LogP contribution < -0.4 is 0 Å². The third-order valence-corrected chi connectivity index (χ3v) is 3.13. The molecule has 0 aromatic heterocycles. The average Bonchev–Trinajstić information content (AvgIpc) is 2.48. The lowest BCUT2D eigenvalue weighted by atomic mass is 9.93. The predicted molar refractivity (Wildman–Crippen MR) is 74.8 cm³/mol. The van der Waals surface area contributed by atoms with Gasteiger partial charge in [0.05, 0.1) is 11.6 Å². The van der Waals surface area contributed by atoms with Crippen LogP contribution in [-0.2, 0) is 6.42 Å². The van der Waals surface area contributed by atoms with E-state index in [2.05, 4.69) is 6.07 Å². The van der Waals surface area contributed by atoms with Gasteiger partial charge in [-0.05, 0) is 24.1 Å². The highest BCUT2D eigenvalue weighted by Crippen LogP contribution is 2.15. The number of hydrogen-bond acceptors (Lipinski definition) is 2. The molecular weight excluding hydrogens is 234 g/mol. The maximum Gasteiger partial charge on any atom is 0.165 e. The monoisotopic (exact) mass is 249 g/mol. The normalized spacial score (nSPS) is 11.6. The summed E-state index contributed by atoms with van der Waals surface area (Å²) in [5.41, 5.74) is 2.48. The van der Waals surface area contributed by atoms with E-state index in [0.29, 0.717) is 12.0 Å². The second kappa shape index (κ2) is 5.97. The van der Waals surface area contributed by atoms with Gasteiger partial charge in [0.1, 0.15) is 0 Å². The van der Waals surface area contributed by atoms with E-state index in [1.807, 2.05) is 49.4 Å². The first-order chi connectivity index (χ1) is 9.20. The number of carbonyl (C=O) groups is 1. The molecule has 2 heteroatoms. The lowest BCUT2D eigenvalue weighted by molar-refractivity contribution is 0.0929. The molecule has 2 rings (SSSR count). The Morgan fingerprint density at radius 2 is 1.74 bits per heavy atom. The van der Waals surface area contributed by atoms with Crippen molar-refractivity contribution in [2.45, 2.75) is 13.3 Å². The summed E-state index contributed by atoms with van der Waals surface area (Å²) in [5, 5.41) is 8.74. The molecule has 0 fully saturated rings. The van der Waals surface area contributed by atoms with Crippen LogP contribution in [0.1, 0.15) is 28.4 Å².